The molecule has 0 aliphatic carbocycles. The van der Waals surface area contributed by atoms with Gasteiger partial charge in [0.05, 0.1) is 19.7 Å². The number of pyridine rings is 1. The van der Waals surface area contributed by atoms with Crippen LogP contribution in [0, 0.1) is 13.8 Å². The third-order valence-electron chi connectivity index (χ3n) is 5.90. The zero-order valence-electron chi connectivity index (χ0n) is 19.3. The molecule has 2 N–H and O–H groups in total. The molecule has 0 radical (unpaired) electrons. The second kappa shape index (κ2) is 9.04. The number of benzene rings is 1. The molecule has 1 fully saturated rings. The van der Waals surface area contributed by atoms with Gasteiger partial charge < -0.3 is 29.6 Å². The minimum absolute atomic E-state index is 0.0908. The van der Waals surface area contributed by atoms with E-state index < -0.39 is 0 Å². The standard InChI is InChI=1S/C23H30N6O3/c1-14-10-15(2)25-22(30)17(14)13-24-21-16-11-19(31-4)20(32-5)12-18(16)26-23(27-21)29-8-6-28(3)7-9-29/h10-12H,6-9,13H2,1-5H3,(H,25,30)(H,24,26,27). The van der Waals surface area contributed by atoms with Crippen molar-refractivity contribution < 1.29 is 9.47 Å². The molecule has 0 unspecified atom stereocenters. The Morgan fingerprint density at radius 1 is 1.03 bits per heavy atom. The first-order valence-corrected chi connectivity index (χ1v) is 10.7. The zero-order chi connectivity index (χ0) is 22.8. The molecule has 4 rings (SSSR count). The number of fused-ring (bicyclic) bond motifs is 1. The van der Waals surface area contributed by atoms with Crippen molar-refractivity contribution in [3.63, 3.8) is 0 Å². The molecule has 1 aromatic carbocycles. The van der Waals surface area contributed by atoms with Crippen molar-refractivity contribution in [2.75, 3.05) is 57.7 Å². The fraction of sp³-hybridized carbons (Fsp3) is 0.435. The monoisotopic (exact) mass is 438 g/mol. The van der Waals surface area contributed by atoms with Crippen molar-refractivity contribution in [2.24, 2.45) is 0 Å². The third kappa shape index (κ3) is 4.34. The summed E-state index contributed by atoms with van der Waals surface area (Å²) in [7, 11) is 5.33. The van der Waals surface area contributed by atoms with Crippen molar-refractivity contribution in [1.82, 2.24) is 19.9 Å². The lowest BCUT2D eigenvalue weighted by Gasteiger charge is -2.32. The molecule has 3 heterocycles. The van der Waals surface area contributed by atoms with Crippen LogP contribution >= 0.6 is 0 Å². The molecule has 1 aliphatic rings. The predicted octanol–water partition coefficient (Wildman–Crippen LogP) is 2.32. The Labute approximate surface area is 187 Å². The van der Waals surface area contributed by atoms with E-state index in [9.17, 15) is 4.79 Å². The number of aryl methyl sites for hydroxylation is 2. The Hall–Kier alpha value is -3.33. The molecule has 170 valence electrons. The zero-order valence-corrected chi connectivity index (χ0v) is 19.3. The molecule has 9 nitrogen and oxygen atoms in total. The molecular formula is C23H30N6O3. The Bertz CT molecular complexity index is 1180. The minimum atomic E-state index is -0.0908. The number of methoxy groups -OCH3 is 2. The first-order valence-electron chi connectivity index (χ1n) is 10.7. The van der Waals surface area contributed by atoms with E-state index in [0.29, 0.717) is 35.4 Å². The van der Waals surface area contributed by atoms with Gasteiger partial charge in [0.2, 0.25) is 5.95 Å². The van der Waals surface area contributed by atoms with Gasteiger partial charge in [0.25, 0.3) is 5.56 Å². The highest BCUT2D eigenvalue weighted by molar-refractivity contribution is 5.92. The number of nitrogens with zero attached hydrogens (tertiary/aromatic N) is 4. The van der Waals surface area contributed by atoms with Gasteiger partial charge in [-0.1, -0.05) is 0 Å². The van der Waals surface area contributed by atoms with Crippen LogP contribution in [-0.4, -0.2) is 67.3 Å². The maximum absolute atomic E-state index is 12.5. The molecule has 0 saturated carbocycles. The molecule has 9 heteroatoms. The van der Waals surface area contributed by atoms with Gasteiger partial charge in [-0.2, -0.15) is 4.98 Å². The number of aromatic nitrogens is 3. The van der Waals surface area contributed by atoms with E-state index in [1.807, 2.05) is 32.0 Å². The van der Waals surface area contributed by atoms with Crippen LogP contribution in [0.15, 0.2) is 23.0 Å². The van der Waals surface area contributed by atoms with Gasteiger partial charge >= 0.3 is 0 Å². The molecule has 0 amide bonds. The number of piperazine rings is 1. The van der Waals surface area contributed by atoms with E-state index in [1.54, 1.807) is 14.2 Å². The first-order chi connectivity index (χ1) is 15.4. The number of hydrogen-bond acceptors (Lipinski definition) is 8. The van der Waals surface area contributed by atoms with Crippen LogP contribution in [0.2, 0.25) is 0 Å². The number of ether oxygens (including phenoxy) is 2. The Morgan fingerprint density at radius 2 is 1.72 bits per heavy atom. The van der Waals surface area contributed by atoms with Crippen LogP contribution in [0.1, 0.15) is 16.8 Å². The summed E-state index contributed by atoms with van der Waals surface area (Å²) in [5.41, 5.74) is 3.13. The number of anilines is 2. The third-order valence-corrected chi connectivity index (χ3v) is 5.90. The number of rotatable bonds is 6. The van der Waals surface area contributed by atoms with Crippen LogP contribution in [-0.2, 0) is 6.54 Å². The number of nitrogens with one attached hydrogen (secondary N) is 2. The summed E-state index contributed by atoms with van der Waals surface area (Å²) in [6.07, 6.45) is 0. The van der Waals surface area contributed by atoms with E-state index in [-0.39, 0.29) is 5.56 Å². The quantitative estimate of drug-likeness (QED) is 0.605. The van der Waals surface area contributed by atoms with Crippen molar-refractivity contribution >= 4 is 22.7 Å². The molecule has 2 aromatic heterocycles. The molecule has 3 aromatic rings. The van der Waals surface area contributed by atoms with Gasteiger partial charge in [0.1, 0.15) is 5.82 Å². The van der Waals surface area contributed by atoms with E-state index >= 15 is 0 Å². The summed E-state index contributed by atoms with van der Waals surface area (Å²) < 4.78 is 11.0. The maximum atomic E-state index is 12.5. The summed E-state index contributed by atoms with van der Waals surface area (Å²) in [6, 6.07) is 5.71. The van der Waals surface area contributed by atoms with E-state index in [4.69, 9.17) is 19.4 Å². The molecule has 0 bridgehead atoms. The second-order valence-electron chi connectivity index (χ2n) is 8.18. The van der Waals surface area contributed by atoms with E-state index in [0.717, 1.165) is 48.3 Å². The average Bonchev–Trinajstić information content (AvgIpc) is 2.77. The summed E-state index contributed by atoms with van der Waals surface area (Å²) in [5.74, 6) is 2.53. The lowest BCUT2D eigenvalue weighted by atomic mass is 10.1. The highest BCUT2D eigenvalue weighted by Crippen LogP contribution is 2.35. The highest BCUT2D eigenvalue weighted by Gasteiger charge is 2.20. The Morgan fingerprint density at radius 3 is 2.38 bits per heavy atom. The van der Waals surface area contributed by atoms with E-state index in [2.05, 4.69) is 27.1 Å². The molecule has 1 saturated heterocycles. The van der Waals surface area contributed by atoms with Gasteiger partial charge in [0.15, 0.2) is 11.5 Å². The maximum Gasteiger partial charge on any atom is 0.253 e. The van der Waals surface area contributed by atoms with Crippen molar-refractivity contribution in [2.45, 2.75) is 20.4 Å². The Kier molecular flexibility index (Phi) is 6.18. The lowest BCUT2D eigenvalue weighted by Crippen LogP contribution is -2.45. The minimum Gasteiger partial charge on any atom is -0.493 e. The van der Waals surface area contributed by atoms with Gasteiger partial charge in [-0.3, -0.25) is 4.79 Å². The van der Waals surface area contributed by atoms with Crippen LogP contribution in [0.4, 0.5) is 11.8 Å². The molecular weight excluding hydrogens is 408 g/mol. The average molecular weight is 439 g/mol. The predicted molar refractivity (Wildman–Crippen MR) is 126 cm³/mol. The molecule has 0 spiro atoms. The van der Waals surface area contributed by atoms with Gasteiger partial charge in [0, 0.05) is 55.4 Å². The largest absolute Gasteiger partial charge is 0.493 e. The normalized spacial score (nSPS) is 14.6. The summed E-state index contributed by atoms with van der Waals surface area (Å²) in [5, 5.41) is 4.18. The van der Waals surface area contributed by atoms with Crippen molar-refractivity contribution in [3.05, 3.63) is 45.4 Å². The number of H-pyrrole nitrogens is 1. The summed E-state index contributed by atoms with van der Waals surface area (Å²) in [4.78, 5) is 29.5. The van der Waals surface area contributed by atoms with E-state index in [1.165, 1.54) is 0 Å². The fourth-order valence-corrected chi connectivity index (χ4v) is 4.00. The highest BCUT2D eigenvalue weighted by atomic mass is 16.5. The summed E-state index contributed by atoms with van der Waals surface area (Å²) in [6.45, 7) is 7.79. The molecule has 0 atom stereocenters. The smallest absolute Gasteiger partial charge is 0.253 e. The van der Waals surface area contributed by atoms with Gasteiger partial charge in [-0.25, -0.2) is 4.98 Å². The van der Waals surface area contributed by atoms with Gasteiger partial charge in [-0.05, 0) is 38.6 Å². The van der Waals surface area contributed by atoms with Crippen molar-refractivity contribution in [3.8, 4) is 11.5 Å². The van der Waals surface area contributed by atoms with Crippen LogP contribution in [0.5, 0.6) is 11.5 Å². The molecule has 1 aliphatic heterocycles. The molecule has 32 heavy (non-hydrogen) atoms. The SMILES string of the molecule is COc1cc2nc(N3CCN(C)CC3)nc(NCc3c(C)cc(C)[nH]c3=O)c2cc1OC. The second-order valence-corrected chi connectivity index (χ2v) is 8.18. The first kappa shape index (κ1) is 21.9. The topological polar surface area (TPSA) is 95.6 Å². The van der Waals surface area contributed by atoms with Gasteiger partial charge in [-0.15, -0.1) is 0 Å². The number of aromatic amines is 1. The Balaban J connectivity index is 1.77. The summed E-state index contributed by atoms with van der Waals surface area (Å²) >= 11 is 0. The lowest BCUT2D eigenvalue weighted by molar-refractivity contribution is 0.311. The van der Waals surface area contributed by atoms with Crippen molar-refractivity contribution in [1.29, 1.82) is 0 Å². The fourth-order valence-electron chi connectivity index (χ4n) is 4.00. The van der Waals surface area contributed by atoms with Crippen LogP contribution < -0.4 is 25.2 Å². The number of likely N-dealkylation sites (N-methyl/N-ethyl adjacent to an activating group) is 1. The van der Waals surface area contributed by atoms with Crippen LogP contribution in [0.3, 0.4) is 0 Å². The van der Waals surface area contributed by atoms with Crippen LogP contribution in [0.25, 0.3) is 10.9 Å². The number of hydrogen-bond donors (Lipinski definition) is 2.